The number of methoxy groups -OCH3 is 1. The summed E-state index contributed by atoms with van der Waals surface area (Å²) in [4.78, 5) is 36.8. The normalized spacial score (nSPS) is 15.6. The molecule has 1 aromatic rings. The van der Waals surface area contributed by atoms with Gasteiger partial charge in [-0.3, -0.25) is 19.3 Å². The van der Waals surface area contributed by atoms with E-state index >= 15 is 0 Å². The Balaban J connectivity index is 2.22. The molecule has 1 fully saturated rings. The van der Waals surface area contributed by atoms with Crippen molar-refractivity contribution in [3.8, 4) is 11.5 Å². The van der Waals surface area contributed by atoms with Crippen LogP contribution in [0.3, 0.4) is 0 Å². The zero-order chi connectivity index (χ0) is 20.0. The lowest BCUT2D eigenvalue weighted by molar-refractivity contribution is -0.143. The molecule has 0 spiro atoms. The number of rotatable bonds is 8. The third-order valence-electron chi connectivity index (χ3n) is 3.53. The zero-order valence-electron chi connectivity index (χ0n) is 15.8. The minimum Gasteiger partial charge on any atom is -0.490 e. The van der Waals surface area contributed by atoms with E-state index in [1.54, 1.807) is 24.3 Å². The number of hydrogen-bond donors (Lipinski definition) is 0. The van der Waals surface area contributed by atoms with Gasteiger partial charge in [0.1, 0.15) is 6.54 Å². The number of esters is 1. The van der Waals surface area contributed by atoms with Crippen LogP contribution in [-0.2, 0) is 14.3 Å². The highest BCUT2D eigenvalue weighted by atomic mass is 32.2. The molecule has 146 valence electrons. The first-order chi connectivity index (χ1) is 12.8. The topological polar surface area (TPSA) is 82.1 Å². The van der Waals surface area contributed by atoms with Gasteiger partial charge < -0.3 is 14.2 Å². The highest BCUT2D eigenvalue weighted by molar-refractivity contribution is 8.18. The molecule has 8 heteroatoms. The summed E-state index contributed by atoms with van der Waals surface area (Å²) >= 11 is 0.785. The predicted octanol–water partition coefficient (Wildman–Crippen LogP) is 3.33. The monoisotopic (exact) mass is 393 g/mol. The Labute approximate surface area is 162 Å². The van der Waals surface area contributed by atoms with Crippen LogP contribution >= 0.6 is 11.8 Å². The highest BCUT2D eigenvalue weighted by Gasteiger charge is 2.36. The van der Waals surface area contributed by atoms with E-state index in [-0.39, 0.29) is 4.91 Å². The quantitative estimate of drug-likeness (QED) is 0.495. The maximum absolute atomic E-state index is 12.4. The maximum Gasteiger partial charge on any atom is 0.325 e. The second kappa shape index (κ2) is 9.45. The Bertz CT molecular complexity index is 759. The van der Waals surface area contributed by atoms with E-state index in [0.29, 0.717) is 36.2 Å². The fourth-order valence-corrected chi connectivity index (χ4v) is 3.08. The molecule has 0 bridgehead atoms. The van der Waals surface area contributed by atoms with Gasteiger partial charge in [-0.1, -0.05) is 19.9 Å². The molecule has 0 radical (unpaired) electrons. The average molecular weight is 393 g/mol. The third-order valence-corrected chi connectivity index (χ3v) is 4.43. The van der Waals surface area contributed by atoms with Crippen molar-refractivity contribution in [1.82, 2.24) is 4.90 Å². The van der Waals surface area contributed by atoms with Crippen LogP contribution < -0.4 is 9.47 Å². The van der Waals surface area contributed by atoms with Crippen LogP contribution in [0.25, 0.3) is 6.08 Å². The summed E-state index contributed by atoms with van der Waals surface area (Å²) < 4.78 is 15.9. The summed E-state index contributed by atoms with van der Waals surface area (Å²) in [5, 5.41) is -0.501. The second-order valence-corrected chi connectivity index (χ2v) is 7.18. The molecule has 27 heavy (non-hydrogen) atoms. The van der Waals surface area contributed by atoms with Gasteiger partial charge in [-0.25, -0.2) is 0 Å². The van der Waals surface area contributed by atoms with Crippen LogP contribution in [-0.4, -0.2) is 48.9 Å². The predicted molar refractivity (Wildman–Crippen MR) is 103 cm³/mol. The van der Waals surface area contributed by atoms with Crippen LogP contribution in [0.1, 0.15) is 26.3 Å². The fraction of sp³-hybridized carbons (Fsp3) is 0.421. The van der Waals surface area contributed by atoms with Crippen molar-refractivity contribution in [3.05, 3.63) is 28.7 Å². The van der Waals surface area contributed by atoms with Gasteiger partial charge in [-0.15, -0.1) is 0 Å². The van der Waals surface area contributed by atoms with E-state index in [9.17, 15) is 14.4 Å². The largest absolute Gasteiger partial charge is 0.490 e. The first-order valence-corrected chi connectivity index (χ1v) is 9.39. The number of amides is 2. The zero-order valence-corrected chi connectivity index (χ0v) is 16.6. The number of hydrogen-bond acceptors (Lipinski definition) is 7. The summed E-state index contributed by atoms with van der Waals surface area (Å²) in [6.45, 7) is 6.61. The number of ether oxygens (including phenoxy) is 3. The molecule has 0 N–H and O–H groups in total. The summed E-state index contributed by atoms with van der Waals surface area (Å²) in [7, 11) is 1.20. The van der Waals surface area contributed by atoms with E-state index in [1.165, 1.54) is 7.11 Å². The van der Waals surface area contributed by atoms with Crippen molar-refractivity contribution in [2.45, 2.75) is 20.8 Å². The van der Waals surface area contributed by atoms with Gasteiger partial charge in [0.2, 0.25) is 0 Å². The number of imide groups is 1. The number of carbonyl (C=O) groups excluding carboxylic acids is 3. The molecule has 0 aliphatic carbocycles. The van der Waals surface area contributed by atoms with Crippen molar-refractivity contribution in [2.75, 3.05) is 26.9 Å². The molecule has 1 heterocycles. The Morgan fingerprint density at radius 1 is 1.22 bits per heavy atom. The molecule has 1 aromatic carbocycles. The first-order valence-electron chi connectivity index (χ1n) is 8.57. The Morgan fingerprint density at radius 2 is 1.96 bits per heavy atom. The molecule has 1 aliphatic heterocycles. The summed E-state index contributed by atoms with van der Waals surface area (Å²) in [6, 6.07) is 5.32. The molecule has 0 aromatic heterocycles. The lowest BCUT2D eigenvalue weighted by Gasteiger charge is -2.14. The Morgan fingerprint density at radius 3 is 2.59 bits per heavy atom. The van der Waals surface area contributed by atoms with E-state index in [1.807, 2.05) is 6.92 Å². The molecule has 0 atom stereocenters. The molecule has 2 rings (SSSR count). The molecule has 0 unspecified atom stereocenters. The first kappa shape index (κ1) is 20.8. The van der Waals surface area contributed by atoms with Crippen molar-refractivity contribution in [2.24, 2.45) is 5.92 Å². The van der Waals surface area contributed by atoms with Crippen molar-refractivity contribution in [3.63, 3.8) is 0 Å². The molecular formula is C19H23NO6S. The highest BCUT2D eigenvalue weighted by Crippen LogP contribution is 2.34. The van der Waals surface area contributed by atoms with Gasteiger partial charge in [-0.05, 0) is 48.4 Å². The van der Waals surface area contributed by atoms with Crippen molar-refractivity contribution >= 4 is 35.0 Å². The fourth-order valence-electron chi connectivity index (χ4n) is 2.24. The van der Waals surface area contributed by atoms with Gasteiger partial charge in [0.15, 0.2) is 11.5 Å². The smallest absolute Gasteiger partial charge is 0.325 e. The summed E-state index contributed by atoms with van der Waals surface area (Å²) in [6.07, 6.45) is 1.59. The average Bonchev–Trinajstić information content (AvgIpc) is 2.88. The van der Waals surface area contributed by atoms with Crippen molar-refractivity contribution in [1.29, 1.82) is 0 Å². The molecule has 1 saturated heterocycles. The second-order valence-electron chi connectivity index (χ2n) is 6.19. The summed E-state index contributed by atoms with van der Waals surface area (Å²) in [5.41, 5.74) is 0.693. The summed E-state index contributed by atoms with van der Waals surface area (Å²) in [5.74, 6) is 0.403. The van der Waals surface area contributed by atoms with Gasteiger partial charge in [0.25, 0.3) is 11.1 Å². The minimum atomic E-state index is -0.649. The van der Waals surface area contributed by atoms with Crippen LogP contribution in [0.2, 0.25) is 0 Å². The van der Waals surface area contributed by atoms with Gasteiger partial charge in [0.05, 0.1) is 25.2 Å². The van der Waals surface area contributed by atoms with Crippen LogP contribution in [0.5, 0.6) is 11.5 Å². The van der Waals surface area contributed by atoms with E-state index in [0.717, 1.165) is 16.7 Å². The Kier molecular flexibility index (Phi) is 7.29. The van der Waals surface area contributed by atoms with E-state index in [2.05, 4.69) is 18.6 Å². The SMILES string of the molecule is CCOc1cc(/C=C2\SC(=O)N(CC(=O)OC)C2=O)ccc1OCC(C)C. The van der Waals surface area contributed by atoms with Crippen LogP contribution in [0, 0.1) is 5.92 Å². The molecule has 0 saturated carbocycles. The van der Waals surface area contributed by atoms with Crippen LogP contribution in [0.4, 0.5) is 4.79 Å². The third kappa shape index (κ3) is 5.50. The molecule has 7 nitrogen and oxygen atoms in total. The number of carbonyl (C=O) groups is 3. The lowest BCUT2D eigenvalue weighted by Crippen LogP contribution is -2.34. The molecule has 2 amide bonds. The van der Waals surface area contributed by atoms with Gasteiger partial charge in [-0.2, -0.15) is 0 Å². The van der Waals surface area contributed by atoms with Crippen molar-refractivity contribution < 1.29 is 28.6 Å². The van der Waals surface area contributed by atoms with Gasteiger partial charge >= 0.3 is 5.97 Å². The number of thioether (sulfide) groups is 1. The van der Waals surface area contributed by atoms with Gasteiger partial charge in [0, 0.05) is 0 Å². The number of nitrogens with zero attached hydrogens (tertiary/aromatic N) is 1. The standard InChI is InChI=1S/C19H23NO6S/c1-5-25-15-8-13(6-7-14(15)26-11-12(2)3)9-16-18(22)20(19(23)27-16)10-17(21)24-4/h6-9,12H,5,10-11H2,1-4H3/b16-9-. The van der Waals surface area contributed by atoms with E-state index < -0.39 is 23.7 Å². The molecule has 1 aliphatic rings. The Hall–Kier alpha value is -2.48. The lowest BCUT2D eigenvalue weighted by atomic mass is 10.1. The van der Waals surface area contributed by atoms with E-state index in [4.69, 9.17) is 9.47 Å². The maximum atomic E-state index is 12.4. The van der Waals surface area contributed by atoms with Crippen LogP contribution in [0.15, 0.2) is 23.1 Å². The molecular weight excluding hydrogens is 370 g/mol. The number of benzene rings is 1. The minimum absolute atomic E-state index is 0.238.